The highest BCUT2D eigenvalue weighted by Crippen LogP contribution is 2.39. The van der Waals surface area contributed by atoms with Crippen LogP contribution < -0.4 is 14.8 Å². The van der Waals surface area contributed by atoms with Gasteiger partial charge in [0.1, 0.15) is 5.01 Å². The molecule has 3 rings (SSSR count). The van der Waals surface area contributed by atoms with Crippen molar-refractivity contribution in [2.75, 3.05) is 20.8 Å². The number of para-hydroxylation sites is 1. The summed E-state index contributed by atoms with van der Waals surface area (Å²) < 4.78 is 10.9. The van der Waals surface area contributed by atoms with E-state index in [-0.39, 0.29) is 0 Å². The highest BCUT2D eigenvalue weighted by atomic mass is 32.1. The van der Waals surface area contributed by atoms with Crippen molar-refractivity contribution in [3.05, 3.63) is 59.5 Å². The summed E-state index contributed by atoms with van der Waals surface area (Å²) in [5.41, 5.74) is 2.09. The largest absolute Gasteiger partial charge is 0.493 e. The molecule has 0 saturated carbocycles. The second-order valence-electron chi connectivity index (χ2n) is 5.41. The first-order chi connectivity index (χ1) is 12.3. The number of aromatic nitrogens is 2. The van der Waals surface area contributed by atoms with Crippen LogP contribution in [0.15, 0.2) is 48.8 Å². The van der Waals surface area contributed by atoms with Crippen molar-refractivity contribution >= 4 is 11.3 Å². The van der Waals surface area contributed by atoms with Gasteiger partial charge in [0.15, 0.2) is 11.5 Å². The molecule has 2 aromatic heterocycles. The molecule has 130 valence electrons. The first-order valence-corrected chi connectivity index (χ1v) is 8.90. The topological polar surface area (TPSA) is 56.3 Å². The van der Waals surface area contributed by atoms with Crippen LogP contribution in [0.4, 0.5) is 0 Å². The van der Waals surface area contributed by atoms with Crippen LogP contribution in [0, 0.1) is 0 Å². The van der Waals surface area contributed by atoms with Crippen molar-refractivity contribution in [3.8, 4) is 21.9 Å². The maximum atomic E-state index is 5.51. The summed E-state index contributed by atoms with van der Waals surface area (Å²) in [4.78, 5) is 9.90. The van der Waals surface area contributed by atoms with Crippen LogP contribution in [0.3, 0.4) is 0 Å². The molecule has 0 unspecified atom stereocenters. The van der Waals surface area contributed by atoms with E-state index < -0.39 is 0 Å². The predicted octanol–water partition coefficient (Wildman–Crippen LogP) is 3.55. The van der Waals surface area contributed by atoms with Crippen molar-refractivity contribution in [2.24, 2.45) is 0 Å². The van der Waals surface area contributed by atoms with E-state index in [0.717, 1.165) is 52.2 Å². The molecule has 0 bridgehead atoms. The Morgan fingerprint density at radius 2 is 1.96 bits per heavy atom. The van der Waals surface area contributed by atoms with E-state index in [4.69, 9.17) is 9.47 Å². The van der Waals surface area contributed by atoms with Gasteiger partial charge in [-0.25, -0.2) is 4.98 Å². The van der Waals surface area contributed by atoms with Crippen LogP contribution in [0.2, 0.25) is 0 Å². The van der Waals surface area contributed by atoms with Crippen molar-refractivity contribution in [1.29, 1.82) is 0 Å². The van der Waals surface area contributed by atoms with Crippen LogP contribution in [-0.2, 0) is 13.0 Å². The molecule has 2 heterocycles. The molecule has 3 aromatic rings. The molecule has 0 amide bonds. The van der Waals surface area contributed by atoms with Gasteiger partial charge < -0.3 is 14.8 Å². The molecule has 0 spiro atoms. The van der Waals surface area contributed by atoms with E-state index in [2.05, 4.69) is 15.3 Å². The molecular weight excluding hydrogens is 334 g/mol. The Labute approximate surface area is 151 Å². The maximum Gasteiger partial charge on any atom is 0.169 e. The van der Waals surface area contributed by atoms with Gasteiger partial charge in [-0.15, -0.1) is 11.3 Å². The van der Waals surface area contributed by atoms with Gasteiger partial charge in [0, 0.05) is 43.2 Å². The van der Waals surface area contributed by atoms with Gasteiger partial charge in [-0.05, 0) is 24.3 Å². The zero-order valence-corrected chi connectivity index (χ0v) is 15.2. The number of hydrogen-bond acceptors (Lipinski definition) is 6. The Morgan fingerprint density at radius 3 is 2.72 bits per heavy atom. The van der Waals surface area contributed by atoms with Crippen LogP contribution in [-0.4, -0.2) is 30.7 Å². The third-order valence-corrected chi connectivity index (χ3v) is 4.81. The van der Waals surface area contributed by atoms with Gasteiger partial charge in [0.25, 0.3) is 0 Å². The summed E-state index contributed by atoms with van der Waals surface area (Å²) >= 11 is 1.66. The molecule has 5 nitrogen and oxygen atoms in total. The monoisotopic (exact) mass is 355 g/mol. The van der Waals surface area contributed by atoms with Crippen LogP contribution in [0.5, 0.6) is 11.5 Å². The molecule has 25 heavy (non-hydrogen) atoms. The average Bonchev–Trinajstić information content (AvgIpc) is 3.14. The molecular formula is C19H21N3O2S. The molecule has 0 atom stereocenters. The lowest BCUT2D eigenvalue weighted by atomic mass is 10.1. The lowest BCUT2D eigenvalue weighted by Gasteiger charge is -2.10. The third-order valence-electron chi connectivity index (χ3n) is 3.78. The van der Waals surface area contributed by atoms with Crippen LogP contribution in [0.25, 0.3) is 10.4 Å². The van der Waals surface area contributed by atoms with E-state index in [1.165, 1.54) is 0 Å². The highest BCUT2D eigenvalue weighted by Gasteiger charge is 2.13. The fourth-order valence-electron chi connectivity index (χ4n) is 2.56. The number of methoxy groups -OCH3 is 2. The number of ether oxygens (including phenoxy) is 2. The summed E-state index contributed by atoms with van der Waals surface area (Å²) in [5, 5.41) is 4.46. The standard InChI is InChI=1S/C19H21N3O2S/c1-23-16-8-5-7-15(19(16)24-2)17-12-22-18(25-17)13-20-11-9-14-6-3-4-10-21-14/h3-8,10,12,20H,9,11,13H2,1-2H3. The van der Waals surface area contributed by atoms with Gasteiger partial charge in [-0.2, -0.15) is 0 Å². The Balaban J connectivity index is 1.61. The second kappa shape index (κ2) is 8.60. The van der Waals surface area contributed by atoms with Gasteiger partial charge in [0.2, 0.25) is 0 Å². The number of rotatable bonds is 8. The predicted molar refractivity (Wildman–Crippen MR) is 100 cm³/mol. The minimum atomic E-state index is 0.725. The molecule has 0 aliphatic carbocycles. The van der Waals surface area contributed by atoms with Gasteiger partial charge in [0.05, 0.1) is 19.1 Å². The van der Waals surface area contributed by atoms with E-state index in [9.17, 15) is 0 Å². The van der Waals surface area contributed by atoms with Crippen molar-refractivity contribution in [2.45, 2.75) is 13.0 Å². The van der Waals surface area contributed by atoms with E-state index >= 15 is 0 Å². The lowest BCUT2D eigenvalue weighted by Crippen LogP contribution is -2.16. The van der Waals surface area contributed by atoms with Crippen molar-refractivity contribution in [3.63, 3.8) is 0 Å². The molecule has 0 aliphatic heterocycles. The van der Waals surface area contributed by atoms with Crippen molar-refractivity contribution < 1.29 is 9.47 Å². The number of nitrogens with zero attached hydrogens (tertiary/aromatic N) is 2. The number of pyridine rings is 1. The second-order valence-corrected chi connectivity index (χ2v) is 6.52. The smallest absolute Gasteiger partial charge is 0.169 e. The summed E-state index contributed by atoms with van der Waals surface area (Å²) in [5.74, 6) is 1.46. The summed E-state index contributed by atoms with van der Waals surface area (Å²) in [7, 11) is 3.30. The molecule has 0 aliphatic rings. The average molecular weight is 355 g/mol. The number of thiazole rings is 1. The Bertz CT molecular complexity index is 805. The number of hydrogen-bond donors (Lipinski definition) is 1. The minimum Gasteiger partial charge on any atom is -0.493 e. The fourth-order valence-corrected chi connectivity index (χ4v) is 3.47. The molecule has 0 saturated heterocycles. The molecule has 1 aromatic carbocycles. The Hall–Kier alpha value is -2.44. The van der Waals surface area contributed by atoms with E-state index in [1.807, 2.05) is 48.8 Å². The first-order valence-electron chi connectivity index (χ1n) is 8.08. The molecule has 6 heteroatoms. The number of nitrogens with one attached hydrogen (secondary N) is 1. The summed E-state index contributed by atoms with van der Waals surface area (Å²) in [6.45, 7) is 1.61. The van der Waals surface area contributed by atoms with E-state index in [0.29, 0.717) is 0 Å². The molecule has 0 fully saturated rings. The van der Waals surface area contributed by atoms with E-state index in [1.54, 1.807) is 25.6 Å². The summed E-state index contributed by atoms with van der Waals surface area (Å²) in [6.07, 6.45) is 4.62. The lowest BCUT2D eigenvalue weighted by molar-refractivity contribution is 0.356. The third kappa shape index (κ3) is 4.35. The zero-order valence-electron chi connectivity index (χ0n) is 14.4. The SMILES string of the molecule is COc1cccc(-c2cnc(CNCCc3ccccn3)s2)c1OC. The normalized spacial score (nSPS) is 10.6. The van der Waals surface area contributed by atoms with Gasteiger partial charge in [-0.3, -0.25) is 4.98 Å². The van der Waals surface area contributed by atoms with Gasteiger partial charge >= 0.3 is 0 Å². The molecule has 0 radical (unpaired) electrons. The van der Waals surface area contributed by atoms with Gasteiger partial charge in [-0.1, -0.05) is 12.1 Å². The van der Waals surface area contributed by atoms with Crippen molar-refractivity contribution in [1.82, 2.24) is 15.3 Å². The Kier molecular flexibility index (Phi) is 5.98. The first kappa shape index (κ1) is 17.4. The zero-order chi connectivity index (χ0) is 17.5. The summed E-state index contributed by atoms with van der Waals surface area (Å²) in [6, 6.07) is 11.9. The highest BCUT2D eigenvalue weighted by molar-refractivity contribution is 7.15. The fraction of sp³-hybridized carbons (Fsp3) is 0.263. The number of benzene rings is 1. The quantitative estimate of drug-likeness (QED) is 0.626. The van der Waals surface area contributed by atoms with Crippen LogP contribution >= 0.6 is 11.3 Å². The van der Waals surface area contributed by atoms with Crippen LogP contribution in [0.1, 0.15) is 10.7 Å². The molecule has 1 N–H and O–H groups in total. The minimum absolute atomic E-state index is 0.725. The Morgan fingerprint density at radius 1 is 1.04 bits per heavy atom. The maximum absolute atomic E-state index is 5.51.